The van der Waals surface area contributed by atoms with Crippen LogP contribution in [0.5, 0.6) is 5.75 Å². The SMILES string of the molecule is CCc1cc(C(C)C)cc(C)c1OC(C)C. The van der Waals surface area contributed by atoms with Gasteiger partial charge < -0.3 is 4.74 Å². The third-order valence-corrected chi connectivity index (χ3v) is 2.77. The van der Waals surface area contributed by atoms with Crippen LogP contribution in [-0.4, -0.2) is 6.10 Å². The molecule has 0 bridgehead atoms. The van der Waals surface area contributed by atoms with Crippen molar-refractivity contribution in [1.82, 2.24) is 0 Å². The van der Waals surface area contributed by atoms with E-state index in [1.54, 1.807) is 0 Å². The maximum atomic E-state index is 5.90. The van der Waals surface area contributed by atoms with Crippen LogP contribution < -0.4 is 4.74 Å². The molecular weight excluding hydrogens is 196 g/mol. The Labute approximate surface area is 99.8 Å². The standard InChI is InChI=1S/C15H24O/c1-7-13-9-14(10(2)3)8-12(6)15(13)16-11(4)5/h8-11H,7H2,1-6H3. The van der Waals surface area contributed by atoms with Crippen molar-refractivity contribution >= 4 is 0 Å². The number of rotatable bonds is 4. The van der Waals surface area contributed by atoms with E-state index in [1.165, 1.54) is 16.7 Å². The van der Waals surface area contributed by atoms with E-state index in [2.05, 4.69) is 53.7 Å². The number of ether oxygens (including phenoxy) is 1. The van der Waals surface area contributed by atoms with Gasteiger partial charge in [0.2, 0.25) is 0 Å². The molecule has 1 aromatic carbocycles. The lowest BCUT2D eigenvalue weighted by atomic mass is 9.96. The molecule has 0 aliphatic heterocycles. The summed E-state index contributed by atoms with van der Waals surface area (Å²) in [6, 6.07) is 4.54. The summed E-state index contributed by atoms with van der Waals surface area (Å²) in [5.74, 6) is 1.67. The Morgan fingerprint density at radius 2 is 1.75 bits per heavy atom. The first-order valence-electron chi connectivity index (χ1n) is 6.25. The minimum atomic E-state index is 0.244. The van der Waals surface area contributed by atoms with E-state index in [1.807, 2.05) is 0 Å². The van der Waals surface area contributed by atoms with Crippen molar-refractivity contribution in [2.45, 2.75) is 60.0 Å². The van der Waals surface area contributed by atoms with Gasteiger partial charge in [-0.2, -0.15) is 0 Å². The van der Waals surface area contributed by atoms with Gasteiger partial charge in [0, 0.05) is 0 Å². The monoisotopic (exact) mass is 220 g/mol. The lowest BCUT2D eigenvalue weighted by Gasteiger charge is -2.18. The highest BCUT2D eigenvalue weighted by Crippen LogP contribution is 2.29. The first-order chi connectivity index (χ1) is 7.45. The second-order valence-electron chi connectivity index (χ2n) is 5.00. The average molecular weight is 220 g/mol. The van der Waals surface area contributed by atoms with Crippen LogP contribution in [0.3, 0.4) is 0 Å². The molecular formula is C15H24O. The molecule has 16 heavy (non-hydrogen) atoms. The lowest BCUT2D eigenvalue weighted by Crippen LogP contribution is -2.09. The molecule has 0 unspecified atom stereocenters. The van der Waals surface area contributed by atoms with Gasteiger partial charge in [0.25, 0.3) is 0 Å². The largest absolute Gasteiger partial charge is 0.490 e. The Morgan fingerprint density at radius 1 is 1.12 bits per heavy atom. The van der Waals surface area contributed by atoms with E-state index in [-0.39, 0.29) is 6.10 Å². The number of aryl methyl sites for hydroxylation is 2. The van der Waals surface area contributed by atoms with Crippen molar-refractivity contribution in [3.63, 3.8) is 0 Å². The molecule has 0 heterocycles. The molecule has 0 N–H and O–H groups in total. The van der Waals surface area contributed by atoms with Crippen LogP contribution in [0.1, 0.15) is 57.2 Å². The molecule has 0 spiro atoms. The van der Waals surface area contributed by atoms with Crippen LogP contribution in [0.25, 0.3) is 0 Å². The maximum absolute atomic E-state index is 5.90. The van der Waals surface area contributed by atoms with E-state index in [0.29, 0.717) is 5.92 Å². The number of benzene rings is 1. The third kappa shape index (κ3) is 3.01. The minimum absolute atomic E-state index is 0.244. The van der Waals surface area contributed by atoms with Crippen molar-refractivity contribution in [3.8, 4) is 5.75 Å². The topological polar surface area (TPSA) is 9.23 Å². The van der Waals surface area contributed by atoms with E-state index in [4.69, 9.17) is 4.74 Å². The van der Waals surface area contributed by atoms with Gasteiger partial charge in [0.1, 0.15) is 5.75 Å². The van der Waals surface area contributed by atoms with Gasteiger partial charge in [-0.3, -0.25) is 0 Å². The van der Waals surface area contributed by atoms with E-state index in [0.717, 1.165) is 12.2 Å². The fourth-order valence-electron chi connectivity index (χ4n) is 1.88. The van der Waals surface area contributed by atoms with E-state index >= 15 is 0 Å². The predicted molar refractivity (Wildman–Crippen MR) is 70.4 cm³/mol. The molecule has 0 radical (unpaired) electrons. The van der Waals surface area contributed by atoms with Crippen molar-refractivity contribution in [1.29, 1.82) is 0 Å². The maximum Gasteiger partial charge on any atom is 0.125 e. The number of hydrogen-bond acceptors (Lipinski definition) is 1. The zero-order chi connectivity index (χ0) is 12.3. The van der Waals surface area contributed by atoms with Gasteiger partial charge in [-0.15, -0.1) is 0 Å². The summed E-state index contributed by atoms with van der Waals surface area (Å²) < 4.78 is 5.90. The summed E-state index contributed by atoms with van der Waals surface area (Å²) in [4.78, 5) is 0. The molecule has 0 amide bonds. The van der Waals surface area contributed by atoms with Gasteiger partial charge in [-0.05, 0) is 49.8 Å². The molecule has 1 heteroatoms. The summed E-state index contributed by atoms with van der Waals surface area (Å²) in [5.41, 5.74) is 4.00. The summed E-state index contributed by atoms with van der Waals surface area (Å²) >= 11 is 0. The Balaban J connectivity index is 3.17. The second-order valence-corrected chi connectivity index (χ2v) is 5.00. The summed E-state index contributed by atoms with van der Waals surface area (Å²) in [6.07, 6.45) is 1.28. The molecule has 0 saturated heterocycles. The van der Waals surface area contributed by atoms with Crippen molar-refractivity contribution in [3.05, 3.63) is 28.8 Å². The van der Waals surface area contributed by atoms with Gasteiger partial charge in [0.05, 0.1) is 6.10 Å². The summed E-state index contributed by atoms with van der Waals surface area (Å²) in [7, 11) is 0. The highest BCUT2D eigenvalue weighted by molar-refractivity contribution is 5.45. The van der Waals surface area contributed by atoms with Crippen LogP contribution >= 0.6 is 0 Å². The smallest absolute Gasteiger partial charge is 0.125 e. The van der Waals surface area contributed by atoms with Gasteiger partial charge in [-0.1, -0.05) is 32.9 Å². The molecule has 0 aromatic heterocycles. The highest BCUT2D eigenvalue weighted by Gasteiger charge is 2.11. The second kappa shape index (κ2) is 5.38. The first kappa shape index (κ1) is 13.1. The Morgan fingerprint density at radius 3 is 2.19 bits per heavy atom. The zero-order valence-electron chi connectivity index (χ0n) is 11.4. The Bertz CT molecular complexity index is 351. The molecule has 0 saturated carbocycles. The molecule has 0 aliphatic carbocycles. The highest BCUT2D eigenvalue weighted by atomic mass is 16.5. The number of hydrogen-bond donors (Lipinski definition) is 0. The molecule has 1 nitrogen and oxygen atoms in total. The van der Waals surface area contributed by atoms with Crippen LogP contribution in [0.4, 0.5) is 0 Å². The van der Waals surface area contributed by atoms with Crippen LogP contribution in [-0.2, 0) is 6.42 Å². The predicted octanol–water partition coefficient (Wildman–Crippen LogP) is 4.47. The zero-order valence-corrected chi connectivity index (χ0v) is 11.4. The summed E-state index contributed by atoms with van der Waals surface area (Å²) in [5, 5.41) is 0. The van der Waals surface area contributed by atoms with E-state index < -0.39 is 0 Å². The first-order valence-corrected chi connectivity index (χ1v) is 6.25. The van der Waals surface area contributed by atoms with Gasteiger partial charge >= 0.3 is 0 Å². The van der Waals surface area contributed by atoms with E-state index in [9.17, 15) is 0 Å². The van der Waals surface area contributed by atoms with Crippen molar-refractivity contribution in [2.75, 3.05) is 0 Å². The fourth-order valence-corrected chi connectivity index (χ4v) is 1.88. The third-order valence-electron chi connectivity index (χ3n) is 2.77. The molecule has 0 aliphatic rings. The average Bonchev–Trinajstić information content (AvgIpc) is 2.19. The molecule has 1 aromatic rings. The van der Waals surface area contributed by atoms with Crippen molar-refractivity contribution < 1.29 is 4.74 Å². The Hall–Kier alpha value is -0.980. The fraction of sp³-hybridized carbons (Fsp3) is 0.600. The van der Waals surface area contributed by atoms with Crippen LogP contribution in [0, 0.1) is 6.92 Å². The van der Waals surface area contributed by atoms with Gasteiger partial charge in [-0.25, -0.2) is 0 Å². The molecule has 0 atom stereocenters. The Kier molecular flexibility index (Phi) is 4.40. The lowest BCUT2D eigenvalue weighted by molar-refractivity contribution is 0.238. The molecule has 90 valence electrons. The van der Waals surface area contributed by atoms with Crippen LogP contribution in [0.2, 0.25) is 0 Å². The quantitative estimate of drug-likeness (QED) is 0.727. The van der Waals surface area contributed by atoms with Gasteiger partial charge in [0.15, 0.2) is 0 Å². The van der Waals surface area contributed by atoms with Crippen LogP contribution in [0.15, 0.2) is 12.1 Å². The normalized spacial score (nSPS) is 11.2. The van der Waals surface area contributed by atoms with Crippen molar-refractivity contribution in [2.24, 2.45) is 0 Å². The molecule has 1 rings (SSSR count). The molecule has 0 fully saturated rings. The minimum Gasteiger partial charge on any atom is -0.490 e. The summed E-state index contributed by atoms with van der Waals surface area (Å²) in [6.45, 7) is 13.0.